The fourth-order valence-electron chi connectivity index (χ4n) is 4.19. The molecule has 1 aromatic heterocycles. The van der Waals surface area contributed by atoms with Gasteiger partial charge in [-0.05, 0) is 36.0 Å². The molecule has 0 spiro atoms. The summed E-state index contributed by atoms with van der Waals surface area (Å²) in [6, 6.07) is 26.4. The number of hydrogen-bond donors (Lipinski definition) is 1. The van der Waals surface area contributed by atoms with Crippen LogP contribution >= 0.6 is 23.8 Å². The molecule has 1 aliphatic rings. The van der Waals surface area contributed by atoms with Crippen molar-refractivity contribution in [1.82, 2.24) is 15.1 Å². The van der Waals surface area contributed by atoms with Crippen LogP contribution in [0.25, 0.3) is 10.8 Å². The SMILES string of the molecule is S=C(Nc1cccc(Cl)c1)N1CCN(c2nnc(Cc3ccccc3)c3ccccc23)CC1. The average Bonchev–Trinajstić information content (AvgIpc) is 2.85. The van der Waals surface area contributed by atoms with Crippen molar-refractivity contribution in [2.45, 2.75) is 6.42 Å². The van der Waals surface area contributed by atoms with Crippen LogP contribution in [0.15, 0.2) is 78.9 Å². The van der Waals surface area contributed by atoms with E-state index in [1.54, 1.807) is 0 Å². The standard InChI is InChI=1S/C26H24ClN5S/c27-20-9-6-10-21(18-20)28-26(33)32-15-13-31(14-16-32)25-23-12-5-4-11-22(23)24(29-30-25)17-19-7-2-1-3-8-19/h1-12,18H,13-17H2,(H,28,33). The Bertz CT molecular complexity index is 1270. The van der Waals surface area contributed by atoms with E-state index in [1.807, 2.05) is 30.3 Å². The molecule has 1 saturated heterocycles. The van der Waals surface area contributed by atoms with E-state index in [1.165, 1.54) is 5.56 Å². The topological polar surface area (TPSA) is 44.3 Å². The summed E-state index contributed by atoms with van der Waals surface area (Å²) in [5, 5.41) is 16.3. The molecular formula is C26H24ClN5S. The number of aromatic nitrogens is 2. The molecule has 0 bridgehead atoms. The number of halogens is 1. The smallest absolute Gasteiger partial charge is 0.173 e. The number of nitrogens with zero attached hydrogens (tertiary/aromatic N) is 4. The van der Waals surface area contributed by atoms with Crippen molar-refractivity contribution in [2.24, 2.45) is 0 Å². The van der Waals surface area contributed by atoms with Gasteiger partial charge in [-0.15, -0.1) is 5.10 Å². The molecule has 0 amide bonds. The lowest BCUT2D eigenvalue weighted by molar-refractivity contribution is 0.389. The Balaban J connectivity index is 1.30. The van der Waals surface area contributed by atoms with Crippen LogP contribution in [0.4, 0.5) is 11.5 Å². The molecule has 0 atom stereocenters. The minimum Gasteiger partial charge on any atom is -0.351 e. The van der Waals surface area contributed by atoms with Crippen LogP contribution in [0.1, 0.15) is 11.3 Å². The molecule has 2 heterocycles. The molecule has 4 aromatic rings. The van der Waals surface area contributed by atoms with Gasteiger partial charge in [-0.1, -0.05) is 72.3 Å². The monoisotopic (exact) mass is 473 g/mol. The molecule has 1 N–H and O–H groups in total. The molecule has 7 heteroatoms. The summed E-state index contributed by atoms with van der Waals surface area (Å²) in [7, 11) is 0. The van der Waals surface area contributed by atoms with Crippen LogP contribution < -0.4 is 10.2 Å². The maximum Gasteiger partial charge on any atom is 0.173 e. The highest BCUT2D eigenvalue weighted by Crippen LogP contribution is 2.28. The van der Waals surface area contributed by atoms with Crippen molar-refractivity contribution in [3.63, 3.8) is 0 Å². The number of piperazine rings is 1. The van der Waals surface area contributed by atoms with Gasteiger partial charge in [0.05, 0.1) is 5.69 Å². The summed E-state index contributed by atoms with van der Waals surface area (Å²) in [4.78, 5) is 4.49. The molecule has 5 rings (SSSR count). The minimum atomic E-state index is 0.689. The first-order valence-corrected chi connectivity index (χ1v) is 11.8. The highest BCUT2D eigenvalue weighted by molar-refractivity contribution is 7.80. The van der Waals surface area contributed by atoms with Crippen molar-refractivity contribution in [1.29, 1.82) is 0 Å². The Hall–Kier alpha value is -3.22. The van der Waals surface area contributed by atoms with Gasteiger partial charge in [0.1, 0.15) is 0 Å². The first-order chi connectivity index (χ1) is 16.2. The van der Waals surface area contributed by atoms with Gasteiger partial charge in [-0.2, -0.15) is 5.10 Å². The molecule has 5 nitrogen and oxygen atoms in total. The van der Waals surface area contributed by atoms with Crippen LogP contribution in [0.5, 0.6) is 0 Å². The first-order valence-electron chi connectivity index (χ1n) is 11.0. The van der Waals surface area contributed by atoms with E-state index in [2.05, 4.69) is 73.8 Å². The van der Waals surface area contributed by atoms with Crippen LogP contribution in [0.2, 0.25) is 5.02 Å². The van der Waals surface area contributed by atoms with Gasteiger partial charge >= 0.3 is 0 Å². The lowest BCUT2D eigenvalue weighted by Crippen LogP contribution is -2.50. The number of fused-ring (bicyclic) bond motifs is 1. The molecular weight excluding hydrogens is 450 g/mol. The van der Waals surface area contributed by atoms with E-state index < -0.39 is 0 Å². The molecule has 0 aliphatic carbocycles. The van der Waals surface area contributed by atoms with Gasteiger partial charge in [0, 0.05) is 54.1 Å². The van der Waals surface area contributed by atoms with Gasteiger partial charge in [0.25, 0.3) is 0 Å². The Morgan fingerprint density at radius 2 is 1.58 bits per heavy atom. The number of anilines is 2. The first kappa shape index (κ1) is 21.6. The number of hydrogen-bond acceptors (Lipinski definition) is 4. The van der Waals surface area contributed by atoms with E-state index in [4.69, 9.17) is 23.8 Å². The molecule has 0 saturated carbocycles. The van der Waals surface area contributed by atoms with Crippen molar-refractivity contribution in [3.8, 4) is 0 Å². The largest absolute Gasteiger partial charge is 0.351 e. The lowest BCUT2D eigenvalue weighted by Gasteiger charge is -2.37. The Morgan fingerprint density at radius 3 is 2.33 bits per heavy atom. The fourth-order valence-corrected chi connectivity index (χ4v) is 4.68. The normalized spacial score (nSPS) is 13.8. The third-order valence-electron chi connectivity index (χ3n) is 5.90. The summed E-state index contributed by atoms with van der Waals surface area (Å²) < 4.78 is 0. The van der Waals surface area contributed by atoms with Crippen molar-refractivity contribution < 1.29 is 0 Å². The van der Waals surface area contributed by atoms with Crippen molar-refractivity contribution in [3.05, 3.63) is 95.1 Å². The van der Waals surface area contributed by atoms with E-state index in [0.29, 0.717) is 10.1 Å². The summed E-state index contributed by atoms with van der Waals surface area (Å²) in [6.45, 7) is 3.28. The van der Waals surface area contributed by atoms with Crippen LogP contribution in [-0.4, -0.2) is 46.4 Å². The fraction of sp³-hybridized carbons (Fsp3) is 0.192. The summed E-state index contributed by atoms with van der Waals surface area (Å²) in [5.41, 5.74) is 3.14. The van der Waals surface area contributed by atoms with Gasteiger partial charge in [-0.3, -0.25) is 0 Å². The van der Waals surface area contributed by atoms with Crippen LogP contribution in [0, 0.1) is 0 Å². The van der Waals surface area contributed by atoms with Gasteiger partial charge in [0.2, 0.25) is 0 Å². The van der Waals surface area contributed by atoms with Crippen LogP contribution in [0.3, 0.4) is 0 Å². The zero-order chi connectivity index (χ0) is 22.6. The number of nitrogens with one attached hydrogen (secondary N) is 1. The van der Waals surface area contributed by atoms with Gasteiger partial charge in [0.15, 0.2) is 10.9 Å². The summed E-state index contributed by atoms with van der Waals surface area (Å²) in [6.07, 6.45) is 0.770. The molecule has 1 fully saturated rings. The predicted octanol–water partition coefficient (Wildman–Crippen LogP) is 5.39. The molecule has 0 unspecified atom stereocenters. The van der Waals surface area contributed by atoms with Gasteiger partial charge in [-0.25, -0.2) is 0 Å². The molecule has 33 heavy (non-hydrogen) atoms. The second-order valence-electron chi connectivity index (χ2n) is 8.09. The van der Waals surface area contributed by atoms with Crippen molar-refractivity contribution in [2.75, 3.05) is 36.4 Å². The molecule has 1 aliphatic heterocycles. The van der Waals surface area contributed by atoms with E-state index in [9.17, 15) is 0 Å². The molecule has 166 valence electrons. The Morgan fingerprint density at radius 1 is 0.848 bits per heavy atom. The zero-order valence-electron chi connectivity index (χ0n) is 18.1. The quantitative estimate of drug-likeness (QED) is 0.401. The Labute approximate surface area is 204 Å². The van der Waals surface area contributed by atoms with Crippen LogP contribution in [-0.2, 0) is 6.42 Å². The number of rotatable bonds is 4. The third kappa shape index (κ3) is 4.92. The second-order valence-corrected chi connectivity index (χ2v) is 8.92. The van der Waals surface area contributed by atoms with E-state index >= 15 is 0 Å². The zero-order valence-corrected chi connectivity index (χ0v) is 19.7. The predicted molar refractivity (Wildman–Crippen MR) is 140 cm³/mol. The summed E-state index contributed by atoms with van der Waals surface area (Å²) in [5.74, 6) is 0.941. The third-order valence-corrected chi connectivity index (χ3v) is 6.50. The van der Waals surface area contributed by atoms with E-state index in [0.717, 1.165) is 60.6 Å². The molecule has 3 aromatic carbocycles. The number of benzene rings is 3. The average molecular weight is 474 g/mol. The minimum absolute atomic E-state index is 0.689. The van der Waals surface area contributed by atoms with E-state index in [-0.39, 0.29) is 0 Å². The highest BCUT2D eigenvalue weighted by atomic mass is 35.5. The Kier molecular flexibility index (Phi) is 6.37. The highest BCUT2D eigenvalue weighted by Gasteiger charge is 2.22. The molecule has 0 radical (unpaired) electrons. The second kappa shape index (κ2) is 9.73. The summed E-state index contributed by atoms with van der Waals surface area (Å²) >= 11 is 11.7. The number of thiocarbonyl (C=S) groups is 1. The maximum atomic E-state index is 6.09. The van der Waals surface area contributed by atoms with Gasteiger partial charge < -0.3 is 15.1 Å². The van der Waals surface area contributed by atoms with Crippen molar-refractivity contribution >= 4 is 51.2 Å². The maximum absolute atomic E-state index is 6.09. The lowest BCUT2D eigenvalue weighted by atomic mass is 10.0.